The van der Waals surface area contributed by atoms with E-state index in [2.05, 4.69) is 20.4 Å². The van der Waals surface area contributed by atoms with Gasteiger partial charge in [0.25, 0.3) is 0 Å². The number of piperazine rings is 1. The van der Waals surface area contributed by atoms with Gasteiger partial charge in [-0.05, 0) is 48.4 Å². The second-order valence-corrected chi connectivity index (χ2v) is 9.76. The van der Waals surface area contributed by atoms with Crippen LogP contribution < -0.4 is 19.9 Å². The van der Waals surface area contributed by atoms with Crippen molar-refractivity contribution in [3.8, 4) is 17.2 Å². The number of benzene rings is 2. The molecule has 5 rings (SSSR count). The van der Waals surface area contributed by atoms with Crippen LogP contribution in [0.15, 0.2) is 47.4 Å². The molecule has 0 saturated carbocycles. The fourth-order valence-corrected chi connectivity index (χ4v) is 5.45. The molecule has 2 aliphatic rings. The zero-order chi connectivity index (χ0) is 25.2. The maximum absolute atomic E-state index is 13.9. The first-order valence-corrected chi connectivity index (χ1v) is 13.1. The normalized spacial score (nSPS) is 18.1. The molecular formula is C26H28F2N4O3S. The van der Waals surface area contributed by atoms with E-state index in [1.165, 1.54) is 0 Å². The van der Waals surface area contributed by atoms with Gasteiger partial charge in [-0.25, -0.2) is 13.1 Å². The van der Waals surface area contributed by atoms with E-state index in [-0.39, 0.29) is 17.5 Å². The summed E-state index contributed by atoms with van der Waals surface area (Å²) in [5, 5.41) is 4.27. The minimum Gasteiger partial charge on any atom is -0.496 e. The van der Waals surface area contributed by atoms with Crippen LogP contribution in [0.2, 0.25) is 0 Å². The molecule has 0 bridgehead atoms. The lowest BCUT2D eigenvalue weighted by molar-refractivity contribution is 0.180. The maximum Gasteiger partial charge on any atom is 0.316 e. The molecule has 7 nitrogen and oxygen atoms in total. The number of methoxy groups -OCH3 is 1. The number of anilines is 1. The molecule has 1 atom stereocenters. The number of nitrogens with zero attached hydrogens (tertiary/aromatic N) is 4. The third-order valence-corrected chi connectivity index (χ3v) is 7.62. The van der Waals surface area contributed by atoms with Gasteiger partial charge in [-0.1, -0.05) is 24.1 Å². The van der Waals surface area contributed by atoms with E-state index in [4.69, 9.17) is 9.47 Å². The lowest BCUT2D eigenvalue weighted by Gasteiger charge is -2.35. The van der Waals surface area contributed by atoms with Gasteiger partial charge in [-0.2, -0.15) is 9.78 Å². The van der Waals surface area contributed by atoms with E-state index in [0.29, 0.717) is 31.6 Å². The first kappa shape index (κ1) is 24.6. The molecule has 2 aromatic carbocycles. The monoisotopic (exact) mass is 514 g/mol. The van der Waals surface area contributed by atoms with Gasteiger partial charge < -0.3 is 14.4 Å². The minimum absolute atomic E-state index is 0.0137. The Kier molecular flexibility index (Phi) is 7.15. The van der Waals surface area contributed by atoms with Crippen molar-refractivity contribution in [1.29, 1.82) is 0 Å². The molecule has 0 amide bonds. The highest BCUT2D eigenvalue weighted by atomic mass is 32.2. The predicted octanol–water partition coefficient (Wildman–Crippen LogP) is 3.86. The van der Waals surface area contributed by atoms with Crippen LogP contribution in [0, 0.1) is 11.6 Å². The van der Waals surface area contributed by atoms with Crippen LogP contribution in [0.4, 0.5) is 14.5 Å². The Morgan fingerprint density at radius 3 is 2.53 bits per heavy atom. The second kappa shape index (κ2) is 10.5. The summed E-state index contributed by atoms with van der Waals surface area (Å²) in [5.41, 5.74) is 2.37. The fraction of sp³-hybridized carbons (Fsp3) is 0.385. The average molecular weight is 515 g/mol. The lowest BCUT2D eigenvalue weighted by Crippen LogP contribution is -2.44. The second-order valence-electron chi connectivity index (χ2n) is 8.88. The van der Waals surface area contributed by atoms with Crippen LogP contribution in [-0.2, 0) is 12.8 Å². The first-order valence-electron chi connectivity index (χ1n) is 11.9. The number of ether oxygens (including phenoxy) is 2. The quantitative estimate of drug-likeness (QED) is 0.463. The molecule has 1 fully saturated rings. The predicted molar refractivity (Wildman–Crippen MR) is 136 cm³/mol. The Balaban J connectivity index is 1.51. The Bertz CT molecular complexity index is 1290. The molecule has 10 heteroatoms. The van der Waals surface area contributed by atoms with E-state index in [0.717, 1.165) is 59.3 Å². The molecule has 1 aliphatic heterocycles. The SMILES string of the molecule is COc1cccc2c1CCC(Oc1c(N3CCN(SC)CC3)cnn(-c3cc(F)cc(F)c3)c1=O)C2. The number of hydrogen-bond donors (Lipinski definition) is 0. The van der Waals surface area contributed by atoms with E-state index in [1.807, 2.05) is 18.4 Å². The topological polar surface area (TPSA) is 59.8 Å². The summed E-state index contributed by atoms with van der Waals surface area (Å²) < 4.78 is 43.0. The van der Waals surface area contributed by atoms with Crippen molar-refractivity contribution in [2.24, 2.45) is 0 Å². The van der Waals surface area contributed by atoms with Crippen molar-refractivity contribution < 1.29 is 18.3 Å². The summed E-state index contributed by atoms with van der Waals surface area (Å²) in [4.78, 5) is 15.8. The van der Waals surface area contributed by atoms with E-state index in [1.54, 1.807) is 25.3 Å². The average Bonchev–Trinajstić information content (AvgIpc) is 2.88. The Labute approximate surface area is 212 Å². The summed E-state index contributed by atoms with van der Waals surface area (Å²) in [5.74, 6) is -0.547. The van der Waals surface area contributed by atoms with Gasteiger partial charge in [0.05, 0.1) is 19.0 Å². The number of fused-ring (bicyclic) bond motifs is 1. The molecule has 0 N–H and O–H groups in total. The molecule has 3 aromatic rings. The van der Waals surface area contributed by atoms with E-state index < -0.39 is 17.2 Å². The summed E-state index contributed by atoms with van der Waals surface area (Å²) in [6.45, 7) is 3.08. The van der Waals surface area contributed by atoms with Crippen molar-refractivity contribution >= 4 is 17.6 Å². The molecule has 1 aliphatic carbocycles. The van der Waals surface area contributed by atoms with Crippen molar-refractivity contribution in [2.45, 2.75) is 25.4 Å². The third kappa shape index (κ3) is 4.92. The largest absolute Gasteiger partial charge is 0.496 e. The summed E-state index contributed by atoms with van der Waals surface area (Å²) in [7, 11) is 1.66. The molecule has 0 spiro atoms. The van der Waals surface area contributed by atoms with Gasteiger partial charge in [0, 0.05) is 38.7 Å². The van der Waals surface area contributed by atoms with Crippen LogP contribution >= 0.6 is 11.9 Å². The summed E-state index contributed by atoms with van der Waals surface area (Å²) in [6, 6.07) is 8.89. The first-order chi connectivity index (χ1) is 17.5. The Morgan fingerprint density at radius 1 is 1.08 bits per heavy atom. The fourth-order valence-electron chi connectivity index (χ4n) is 4.92. The summed E-state index contributed by atoms with van der Waals surface area (Å²) in [6.07, 6.45) is 5.48. The van der Waals surface area contributed by atoms with Gasteiger partial charge >= 0.3 is 5.56 Å². The number of halogens is 2. The van der Waals surface area contributed by atoms with Gasteiger partial charge in [0.1, 0.15) is 29.2 Å². The van der Waals surface area contributed by atoms with Gasteiger partial charge in [0.2, 0.25) is 5.75 Å². The maximum atomic E-state index is 13.9. The number of rotatable bonds is 6. The zero-order valence-corrected chi connectivity index (χ0v) is 21.1. The van der Waals surface area contributed by atoms with E-state index in [9.17, 15) is 13.6 Å². The number of aromatic nitrogens is 2. The van der Waals surface area contributed by atoms with Crippen LogP contribution in [0.1, 0.15) is 17.5 Å². The van der Waals surface area contributed by atoms with Crippen LogP contribution in [0.25, 0.3) is 5.69 Å². The Morgan fingerprint density at radius 2 is 1.83 bits per heavy atom. The highest BCUT2D eigenvalue weighted by Gasteiger charge is 2.28. The zero-order valence-electron chi connectivity index (χ0n) is 20.2. The molecule has 36 heavy (non-hydrogen) atoms. The van der Waals surface area contributed by atoms with Gasteiger partial charge in [-0.3, -0.25) is 4.79 Å². The van der Waals surface area contributed by atoms with Crippen molar-refractivity contribution in [3.05, 3.63) is 75.7 Å². The Hall–Kier alpha value is -3.11. The molecule has 1 unspecified atom stereocenters. The molecular weight excluding hydrogens is 486 g/mol. The highest BCUT2D eigenvalue weighted by molar-refractivity contribution is 7.96. The van der Waals surface area contributed by atoms with Gasteiger partial charge in [0.15, 0.2) is 0 Å². The molecule has 190 valence electrons. The minimum atomic E-state index is -0.781. The highest BCUT2D eigenvalue weighted by Crippen LogP contribution is 2.33. The van der Waals surface area contributed by atoms with Crippen LogP contribution in [-0.4, -0.2) is 59.7 Å². The molecule has 2 heterocycles. The van der Waals surface area contributed by atoms with Crippen LogP contribution in [0.5, 0.6) is 11.5 Å². The van der Waals surface area contributed by atoms with Crippen molar-refractivity contribution in [1.82, 2.24) is 14.1 Å². The van der Waals surface area contributed by atoms with Gasteiger partial charge in [-0.15, -0.1) is 0 Å². The lowest BCUT2D eigenvalue weighted by atomic mass is 9.89. The number of hydrogen-bond acceptors (Lipinski definition) is 7. The summed E-state index contributed by atoms with van der Waals surface area (Å²) >= 11 is 1.69. The van der Waals surface area contributed by atoms with Crippen molar-refractivity contribution in [3.63, 3.8) is 0 Å². The molecule has 1 saturated heterocycles. The smallest absolute Gasteiger partial charge is 0.316 e. The van der Waals surface area contributed by atoms with E-state index >= 15 is 0 Å². The molecule has 1 aromatic heterocycles. The van der Waals surface area contributed by atoms with Crippen molar-refractivity contribution in [2.75, 3.05) is 44.4 Å². The third-order valence-electron chi connectivity index (χ3n) is 6.74. The molecule has 0 radical (unpaired) electrons. The standard InChI is InChI=1S/C26H28F2N4O3S/c1-34-24-5-3-4-17-12-21(6-7-22(17)24)35-25-23(30-8-10-31(36-2)11-9-30)16-29-32(26(25)33)20-14-18(27)13-19(28)15-20/h3-5,13-16,21H,6-12H2,1-2H3. The van der Waals surface area contributed by atoms with Crippen LogP contribution in [0.3, 0.4) is 0 Å².